The van der Waals surface area contributed by atoms with Gasteiger partial charge in [0.05, 0.1) is 5.56 Å². The predicted octanol–water partition coefficient (Wildman–Crippen LogP) is 2.05. The lowest BCUT2D eigenvalue weighted by molar-refractivity contribution is 0.0925. The summed E-state index contributed by atoms with van der Waals surface area (Å²) < 4.78 is 41.4. The van der Waals surface area contributed by atoms with E-state index >= 15 is 0 Å². The van der Waals surface area contributed by atoms with Crippen molar-refractivity contribution in [1.82, 2.24) is 15.1 Å². The number of carbonyl (C=O) groups is 1. The third kappa shape index (κ3) is 2.51. The zero-order valence-corrected chi connectivity index (χ0v) is 10.9. The second-order valence-electron chi connectivity index (χ2n) is 4.93. The summed E-state index contributed by atoms with van der Waals surface area (Å²) >= 11 is 0. The van der Waals surface area contributed by atoms with E-state index in [2.05, 4.69) is 10.4 Å². The average molecular weight is 295 g/mol. The van der Waals surface area contributed by atoms with E-state index in [0.717, 1.165) is 17.8 Å². The number of benzene rings is 1. The molecule has 0 unspecified atom stereocenters. The minimum Gasteiger partial charge on any atom is -0.349 e. The molecular weight excluding hydrogens is 283 g/mol. The standard InChI is InChI=1S/C14H12F3N3O/c15-11-2-1-10(12(16)13(11)17)14(21)19-8-4-6-20-9(7-8)3-5-18-20/h1-3,5,8H,4,6-7H2,(H,19,21)/t8-/m0/s1. The van der Waals surface area contributed by atoms with Crippen molar-refractivity contribution in [3.63, 3.8) is 0 Å². The van der Waals surface area contributed by atoms with Crippen molar-refractivity contribution in [2.45, 2.75) is 25.4 Å². The highest BCUT2D eigenvalue weighted by molar-refractivity contribution is 5.94. The van der Waals surface area contributed by atoms with Gasteiger partial charge in [-0.1, -0.05) is 0 Å². The van der Waals surface area contributed by atoms with Crippen molar-refractivity contribution in [3.8, 4) is 0 Å². The lowest BCUT2D eigenvalue weighted by Crippen LogP contribution is -2.40. The van der Waals surface area contributed by atoms with E-state index in [1.54, 1.807) is 6.20 Å². The molecule has 0 bridgehead atoms. The van der Waals surface area contributed by atoms with Gasteiger partial charge in [0.25, 0.3) is 5.91 Å². The summed E-state index contributed by atoms with van der Waals surface area (Å²) in [5.41, 5.74) is 0.477. The Morgan fingerprint density at radius 1 is 1.24 bits per heavy atom. The largest absolute Gasteiger partial charge is 0.349 e. The maximum Gasteiger partial charge on any atom is 0.254 e. The Kier molecular flexibility index (Phi) is 3.40. The lowest BCUT2D eigenvalue weighted by atomic mass is 10.0. The molecule has 1 aromatic heterocycles. The summed E-state index contributed by atoms with van der Waals surface area (Å²) in [6, 6.07) is 3.34. The molecule has 1 aromatic carbocycles. The van der Waals surface area contributed by atoms with E-state index < -0.39 is 28.9 Å². The van der Waals surface area contributed by atoms with Crippen LogP contribution in [0.1, 0.15) is 22.5 Å². The summed E-state index contributed by atoms with van der Waals surface area (Å²) in [4.78, 5) is 12.0. The maximum absolute atomic E-state index is 13.6. The molecule has 1 amide bonds. The molecule has 3 rings (SSSR count). The van der Waals surface area contributed by atoms with Gasteiger partial charge >= 0.3 is 0 Å². The van der Waals surface area contributed by atoms with Gasteiger partial charge in [0, 0.05) is 30.9 Å². The molecule has 110 valence electrons. The van der Waals surface area contributed by atoms with Gasteiger partial charge in [0.1, 0.15) is 0 Å². The summed E-state index contributed by atoms with van der Waals surface area (Å²) in [5, 5.41) is 6.76. The first-order chi connectivity index (χ1) is 10.1. The lowest BCUT2D eigenvalue weighted by Gasteiger charge is -2.24. The third-order valence-electron chi connectivity index (χ3n) is 3.56. The minimum atomic E-state index is -1.63. The Morgan fingerprint density at radius 3 is 2.86 bits per heavy atom. The third-order valence-corrected chi connectivity index (χ3v) is 3.56. The zero-order valence-electron chi connectivity index (χ0n) is 10.9. The predicted molar refractivity (Wildman–Crippen MR) is 68.1 cm³/mol. The van der Waals surface area contributed by atoms with Crippen LogP contribution in [0, 0.1) is 17.5 Å². The highest BCUT2D eigenvalue weighted by Gasteiger charge is 2.24. The van der Waals surface area contributed by atoms with Crippen LogP contribution >= 0.6 is 0 Å². The summed E-state index contributed by atoms with van der Waals surface area (Å²) in [5.74, 6) is -5.16. The number of hydrogen-bond donors (Lipinski definition) is 1. The number of nitrogens with zero attached hydrogens (tertiary/aromatic N) is 2. The van der Waals surface area contributed by atoms with Crippen LogP contribution in [-0.4, -0.2) is 21.7 Å². The van der Waals surface area contributed by atoms with Crippen molar-refractivity contribution in [2.24, 2.45) is 0 Å². The van der Waals surface area contributed by atoms with Crippen molar-refractivity contribution in [1.29, 1.82) is 0 Å². The molecule has 21 heavy (non-hydrogen) atoms. The first-order valence-corrected chi connectivity index (χ1v) is 6.51. The number of fused-ring (bicyclic) bond motifs is 1. The second-order valence-corrected chi connectivity index (χ2v) is 4.93. The van der Waals surface area contributed by atoms with Crippen molar-refractivity contribution >= 4 is 5.91 Å². The SMILES string of the molecule is O=C(N[C@H]1CCn2nccc2C1)c1ccc(F)c(F)c1F. The Balaban J connectivity index is 1.74. The van der Waals surface area contributed by atoms with Crippen molar-refractivity contribution in [3.05, 3.63) is 53.1 Å². The van der Waals surface area contributed by atoms with Crippen LogP contribution in [-0.2, 0) is 13.0 Å². The van der Waals surface area contributed by atoms with Gasteiger partial charge < -0.3 is 5.32 Å². The summed E-state index contributed by atoms with van der Waals surface area (Å²) in [6.45, 7) is 0.646. The number of rotatable bonds is 2. The van der Waals surface area contributed by atoms with Crippen LogP contribution in [0.25, 0.3) is 0 Å². The fourth-order valence-corrected chi connectivity index (χ4v) is 2.46. The smallest absolute Gasteiger partial charge is 0.254 e. The minimum absolute atomic E-state index is 0.186. The molecule has 4 nitrogen and oxygen atoms in total. The Hall–Kier alpha value is -2.31. The van der Waals surface area contributed by atoms with Crippen LogP contribution in [0.4, 0.5) is 13.2 Å². The molecule has 1 atom stereocenters. The number of aryl methyl sites for hydroxylation is 1. The highest BCUT2D eigenvalue weighted by Crippen LogP contribution is 2.17. The van der Waals surface area contributed by atoms with Crippen LogP contribution in [0.3, 0.4) is 0 Å². The van der Waals surface area contributed by atoms with Gasteiger partial charge in [-0.3, -0.25) is 9.48 Å². The van der Waals surface area contributed by atoms with E-state index in [0.29, 0.717) is 19.4 Å². The topological polar surface area (TPSA) is 46.9 Å². The van der Waals surface area contributed by atoms with E-state index in [-0.39, 0.29) is 6.04 Å². The van der Waals surface area contributed by atoms with E-state index in [1.165, 1.54) is 0 Å². The quantitative estimate of drug-likeness (QED) is 0.862. The molecule has 0 spiro atoms. The number of amides is 1. The molecule has 0 saturated heterocycles. The molecule has 0 radical (unpaired) electrons. The number of aromatic nitrogens is 2. The average Bonchev–Trinajstić information content (AvgIpc) is 2.92. The van der Waals surface area contributed by atoms with Crippen LogP contribution in [0.15, 0.2) is 24.4 Å². The molecule has 0 fully saturated rings. The first kappa shape index (κ1) is 13.7. The Morgan fingerprint density at radius 2 is 2.05 bits per heavy atom. The fraction of sp³-hybridized carbons (Fsp3) is 0.286. The van der Waals surface area contributed by atoms with Crippen molar-refractivity contribution < 1.29 is 18.0 Å². The molecule has 0 saturated carbocycles. The van der Waals surface area contributed by atoms with E-state index in [9.17, 15) is 18.0 Å². The molecule has 1 aliphatic rings. The number of halogens is 3. The van der Waals surface area contributed by atoms with Gasteiger partial charge in [-0.25, -0.2) is 13.2 Å². The zero-order chi connectivity index (χ0) is 15.0. The second kappa shape index (κ2) is 5.23. The molecular formula is C14H12F3N3O. The number of nitrogens with one attached hydrogen (secondary N) is 1. The van der Waals surface area contributed by atoms with Crippen LogP contribution < -0.4 is 5.32 Å². The first-order valence-electron chi connectivity index (χ1n) is 6.51. The van der Waals surface area contributed by atoms with Crippen molar-refractivity contribution in [2.75, 3.05) is 0 Å². The van der Waals surface area contributed by atoms with Gasteiger partial charge in [0.15, 0.2) is 17.5 Å². The van der Waals surface area contributed by atoms with Gasteiger partial charge in [-0.05, 0) is 24.6 Å². The molecule has 7 heteroatoms. The maximum atomic E-state index is 13.6. The summed E-state index contributed by atoms with van der Waals surface area (Å²) in [7, 11) is 0. The monoisotopic (exact) mass is 295 g/mol. The number of carbonyl (C=O) groups excluding carboxylic acids is 1. The molecule has 1 N–H and O–H groups in total. The van der Waals surface area contributed by atoms with Gasteiger partial charge in [-0.15, -0.1) is 0 Å². The fourth-order valence-electron chi connectivity index (χ4n) is 2.46. The number of hydrogen-bond acceptors (Lipinski definition) is 2. The van der Waals surface area contributed by atoms with Crippen LogP contribution in [0.2, 0.25) is 0 Å². The normalized spacial score (nSPS) is 17.4. The Bertz CT molecular complexity index is 699. The van der Waals surface area contributed by atoms with E-state index in [4.69, 9.17) is 0 Å². The van der Waals surface area contributed by atoms with E-state index in [1.807, 2.05) is 10.7 Å². The van der Waals surface area contributed by atoms with Crippen LogP contribution in [0.5, 0.6) is 0 Å². The van der Waals surface area contributed by atoms with Gasteiger partial charge in [0.2, 0.25) is 0 Å². The summed E-state index contributed by atoms with van der Waals surface area (Å²) in [6.07, 6.45) is 2.89. The molecule has 2 heterocycles. The highest BCUT2D eigenvalue weighted by atomic mass is 19.2. The molecule has 0 aliphatic carbocycles. The van der Waals surface area contributed by atoms with Gasteiger partial charge in [-0.2, -0.15) is 5.10 Å². The Labute approximate surface area is 118 Å². The molecule has 2 aromatic rings. The molecule has 1 aliphatic heterocycles.